The van der Waals surface area contributed by atoms with E-state index in [4.69, 9.17) is 0 Å². The average molecular weight is 347 g/mol. The molecule has 0 fully saturated rings. The third-order valence-corrected chi connectivity index (χ3v) is 3.39. The molecule has 1 N–H and O–H groups in total. The molecule has 0 aliphatic carbocycles. The zero-order valence-electron chi connectivity index (χ0n) is 11.7. The minimum absolute atomic E-state index is 0.289. The van der Waals surface area contributed by atoms with E-state index in [-0.39, 0.29) is 5.91 Å². The Morgan fingerprint density at radius 2 is 2.19 bits per heavy atom. The second-order valence-electron chi connectivity index (χ2n) is 4.55. The van der Waals surface area contributed by atoms with Crippen molar-refractivity contribution in [1.29, 1.82) is 0 Å². The number of benzene rings is 1. The SMILES string of the molecule is CN(C)c1ccc(/C=N\NC(=O)c2cccnc2)cc1Br. The number of carbonyl (C=O) groups excluding carboxylic acids is 1. The Hall–Kier alpha value is -2.21. The lowest BCUT2D eigenvalue weighted by molar-refractivity contribution is 0.0955. The zero-order valence-corrected chi connectivity index (χ0v) is 13.3. The van der Waals surface area contributed by atoms with Crippen molar-refractivity contribution >= 4 is 33.7 Å². The summed E-state index contributed by atoms with van der Waals surface area (Å²) in [5.41, 5.74) is 4.90. The predicted molar refractivity (Wildman–Crippen MR) is 87.8 cm³/mol. The maximum Gasteiger partial charge on any atom is 0.272 e. The molecule has 0 spiro atoms. The summed E-state index contributed by atoms with van der Waals surface area (Å²) in [7, 11) is 3.95. The molecule has 1 aromatic carbocycles. The first-order valence-corrected chi connectivity index (χ1v) is 7.07. The summed E-state index contributed by atoms with van der Waals surface area (Å²) in [6, 6.07) is 9.24. The van der Waals surface area contributed by atoms with E-state index in [0.717, 1.165) is 15.7 Å². The van der Waals surface area contributed by atoms with E-state index >= 15 is 0 Å². The summed E-state index contributed by atoms with van der Waals surface area (Å²) in [5, 5.41) is 3.95. The Labute approximate surface area is 131 Å². The first-order valence-electron chi connectivity index (χ1n) is 6.28. The van der Waals surface area contributed by atoms with Gasteiger partial charge >= 0.3 is 0 Å². The van der Waals surface area contributed by atoms with Gasteiger partial charge in [0.05, 0.1) is 17.5 Å². The van der Waals surface area contributed by atoms with E-state index < -0.39 is 0 Å². The Bertz CT molecular complexity index is 656. The molecule has 2 rings (SSSR count). The summed E-state index contributed by atoms with van der Waals surface area (Å²) in [6.07, 6.45) is 4.70. The Morgan fingerprint density at radius 1 is 1.38 bits per heavy atom. The van der Waals surface area contributed by atoms with Crippen molar-refractivity contribution in [3.05, 3.63) is 58.3 Å². The molecule has 6 heteroatoms. The van der Waals surface area contributed by atoms with Gasteiger partial charge in [0, 0.05) is 31.0 Å². The van der Waals surface area contributed by atoms with Crippen LogP contribution in [-0.4, -0.2) is 31.2 Å². The molecule has 1 heterocycles. The molecule has 21 heavy (non-hydrogen) atoms. The Morgan fingerprint density at radius 3 is 2.81 bits per heavy atom. The number of rotatable bonds is 4. The average Bonchev–Trinajstić information content (AvgIpc) is 2.47. The molecule has 0 saturated heterocycles. The lowest BCUT2D eigenvalue weighted by atomic mass is 10.2. The topological polar surface area (TPSA) is 57.6 Å². The molecule has 1 amide bonds. The number of nitrogens with zero attached hydrogens (tertiary/aromatic N) is 3. The van der Waals surface area contributed by atoms with Crippen molar-refractivity contribution in [1.82, 2.24) is 10.4 Å². The molecule has 0 atom stereocenters. The normalized spacial score (nSPS) is 10.6. The van der Waals surface area contributed by atoms with E-state index in [9.17, 15) is 4.79 Å². The second kappa shape index (κ2) is 6.99. The predicted octanol–water partition coefficient (Wildman–Crippen LogP) is 2.67. The fourth-order valence-electron chi connectivity index (χ4n) is 1.69. The number of hydrogen-bond donors (Lipinski definition) is 1. The second-order valence-corrected chi connectivity index (χ2v) is 5.40. The Kier molecular flexibility index (Phi) is 5.05. The van der Waals surface area contributed by atoms with Crippen LogP contribution in [0.2, 0.25) is 0 Å². The molecule has 0 unspecified atom stereocenters. The fourth-order valence-corrected chi connectivity index (χ4v) is 2.44. The molecule has 5 nitrogen and oxygen atoms in total. The van der Waals surface area contributed by atoms with Gasteiger partial charge in [-0.2, -0.15) is 5.10 Å². The lowest BCUT2D eigenvalue weighted by Gasteiger charge is -2.14. The van der Waals surface area contributed by atoms with E-state index in [1.807, 2.05) is 37.2 Å². The van der Waals surface area contributed by atoms with Crippen molar-refractivity contribution in [2.24, 2.45) is 5.10 Å². The number of pyridine rings is 1. The molecule has 0 aliphatic rings. The lowest BCUT2D eigenvalue weighted by Crippen LogP contribution is -2.17. The van der Waals surface area contributed by atoms with Crippen LogP contribution in [0.4, 0.5) is 5.69 Å². The quantitative estimate of drug-likeness (QED) is 0.683. The van der Waals surface area contributed by atoms with Gasteiger partial charge in [-0.25, -0.2) is 5.43 Å². The molecule has 108 valence electrons. The molecular weight excluding hydrogens is 332 g/mol. The highest BCUT2D eigenvalue weighted by atomic mass is 79.9. The first-order chi connectivity index (χ1) is 10.1. The molecular formula is C15H15BrN4O. The summed E-state index contributed by atoms with van der Waals surface area (Å²) in [4.78, 5) is 17.7. The maximum absolute atomic E-state index is 11.8. The third kappa shape index (κ3) is 4.13. The van der Waals surface area contributed by atoms with Crippen LogP contribution in [0.5, 0.6) is 0 Å². The van der Waals surface area contributed by atoms with Crippen molar-refractivity contribution in [3.8, 4) is 0 Å². The minimum atomic E-state index is -0.289. The van der Waals surface area contributed by atoms with Gasteiger partial charge < -0.3 is 4.90 Å². The number of amides is 1. The highest BCUT2D eigenvalue weighted by Gasteiger charge is 2.04. The van der Waals surface area contributed by atoms with Gasteiger partial charge in [-0.1, -0.05) is 6.07 Å². The van der Waals surface area contributed by atoms with Crippen LogP contribution in [0.1, 0.15) is 15.9 Å². The van der Waals surface area contributed by atoms with Gasteiger partial charge in [-0.05, 0) is 45.8 Å². The van der Waals surface area contributed by atoms with Gasteiger partial charge in [0.2, 0.25) is 0 Å². The molecule has 0 aliphatic heterocycles. The van der Waals surface area contributed by atoms with Gasteiger partial charge in [-0.15, -0.1) is 0 Å². The smallest absolute Gasteiger partial charge is 0.272 e. The maximum atomic E-state index is 11.8. The fraction of sp³-hybridized carbons (Fsp3) is 0.133. The van der Waals surface area contributed by atoms with Crippen LogP contribution in [0.15, 0.2) is 52.3 Å². The molecule has 0 radical (unpaired) electrons. The highest BCUT2D eigenvalue weighted by Crippen LogP contribution is 2.25. The van der Waals surface area contributed by atoms with Gasteiger partial charge in [0.25, 0.3) is 5.91 Å². The van der Waals surface area contributed by atoms with Gasteiger partial charge in [0.15, 0.2) is 0 Å². The van der Waals surface area contributed by atoms with Gasteiger partial charge in [0.1, 0.15) is 0 Å². The minimum Gasteiger partial charge on any atom is -0.377 e. The van der Waals surface area contributed by atoms with Crippen LogP contribution in [0.3, 0.4) is 0 Å². The molecule has 1 aromatic heterocycles. The van der Waals surface area contributed by atoms with E-state index in [1.54, 1.807) is 24.5 Å². The van der Waals surface area contributed by atoms with Crippen LogP contribution < -0.4 is 10.3 Å². The monoisotopic (exact) mass is 346 g/mol. The summed E-state index contributed by atoms with van der Waals surface area (Å²) >= 11 is 3.51. The molecule has 2 aromatic rings. The Balaban J connectivity index is 2.02. The van der Waals surface area contributed by atoms with Crippen molar-refractivity contribution in [2.45, 2.75) is 0 Å². The highest BCUT2D eigenvalue weighted by molar-refractivity contribution is 9.10. The van der Waals surface area contributed by atoms with Crippen molar-refractivity contribution in [3.63, 3.8) is 0 Å². The van der Waals surface area contributed by atoms with Gasteiger partial charge in [-0.3, -0.25) is 9.78 Å². The van der Waals surface area contributed by atoms with E-state index in [2.05, 4.69) is 31.4 Å². The number of halogens is 1. The number of anilines is 1. The van der Waals surface area contributed by atoms with Crippen LogP contribution >= 0.6 is 15.9 Å². The largest absolute Gasteiger partial charge is 0.377 e. The number of hydrazone groups is 1. The summed E-state index contributed by atoms with van der Waals surface area (Å²) < 4.78 is 0.968. The molecule has 0 bridgehead atoms. The number of aromatic nitrogens is 1. The molecule has 0 saturated carbocycles. The van der Waals surface area contributed by atoms with E-state index in [0.29, 0.717) is 5.56 Å². The summed E-state index contributed by atoms with van der Waals surface area (Å²) in [5.74, 6) is -0.289. The number of carbonyl (C=O) groups is 1. The standard InChI is InChI=1S/C15H15BrN4O/c1-20(2)14-6-5-11(8-13(14)16)9-18-19-15(21)12-4-3-7-17-10-12/h3-10H,1-2H3,(H,19,21)/b18-9-. The van der Waals surface area contributed by atoms with Crippen molar-refractivity contribution < 1.29 is 4.79 Å². The third-order valence-electron chi connectivity index (χ3n) is 2.76. The van der Waals surface area contributed by atoms with Crippen LogP contribution in [0, 0.1) is 0 Å². The first kappa shape index (κ1) is 15.2. The number of hydrogen-bond acceptors (Lipinski definition) is 4. The van der Waals surface area contributed by atoms with Crippen molar-refractivity contribution in [2.75, 3.05) is 19.0 Å². The van der Waals surface area contributed by atoms with Crippen LogP contribution in [-0.2, 0) is 0 Å². The van der Waals surface area contributed by atoms with E-state index in [1.165, 1.54) is 6.20 Å². The number of nitrogens with one attached hydrogen (secondary N) is 1. The zero-order chi connectivity index (χ0) is 15.2. The summed E-state index contributed by atoms with van der Waals surface area (Å²) in [6.45, 7) is 0. The van der Waals surface area contributed by atoms with Crippen LogP contribution in [0.25, 0.3) is 0 Å².